The molecule has 0 fully saturated rings. The highest BCUT2D eigenvalue weighted by Gasteiger charge is 2.31. The Morgan fingerprint density at radius 2 is 1.53 bits per heavy atom. The molecule has 0 unspecified atom stereocenters. The van der Waals surface area contributed by atoms with E-state index >= 15 is 0 Å². The van der Waals surface area contributed by atoms with Crippen molar-refractivity contribution in [3.63, 3.8) is 0 Å². The van der Waals surface area contributed by atoms with E-state index < -0.39 is 29.4 Å². The molecule has 1 atom stereocenters. The third kappa shape index (κ3) is 11.6. The van der Waals surface area contributed by atoms with Gasteiger partial charge in [0.15, 0.2) is 0 Å². The van der Waals surface area contributed by atoms with Crippen molar-refractivity contribution < 1.29 is 24.2 Å². The first kappa shape index (κ1) is 30.3. The quantitative estimate of drug-likeness (QED) is 0.247. The molecule has 0 saturated heterocycles. The molecule has 9 nitrogen and oxygen atoms in total. The van der Waals surface area contributed by atoms with E-state index in [0.717, 1.165) is 24.2 Å². The number of methoxy groups -OCH3 is 1. The maximum absolute atomic E-state index is 12.4. The number of nitrogens with one attached hydrogen (secondary N) is 2. The van der Waals surface area contributed by atoms with Crippen LogP contribution in [0.3, 0.4) is 0 Å². The van der Waals surface area contributed by atoms with Crippen LogP contribution in [0, 0.1) is 11.8 Å². The number of ether oxygens (including phenoxy) is 1. The summed E-state index contributed by atoms with van der Waals surface area (Å²) in [5, 5.41) is 13.6. The van der Waals surface area contributed by atoms with Gasteiger partial charge in [-0.2, -0.15) is 0 Å². The molecule has 0 aliphatic rings. The van der Waals surface area contributed by atoms with Crippen LogP contribution >= 0.6 is 0 Å². The summed E-state index contributed by atoms with van der Waals surface area (Å²) in [5.41, 5.74) is 13.6. The SMILES string of the molecule is CCC(=O)O.COCCNCc1ccc(C#Cc2ccc(C(=O)N[C@H](C(N)=O)C(C)(C)N)cc2)cc1. The number of primary amides is 1. The number of rotatable bonds is 10. The van der Waals surface area contributed by atoms with Crippen LogP contribution in [0.25, 0.3) is 0 Å². The zero-order valence-electron chi connectivity index (χ0n) is 21.3. The summed E-state index contributed by atoms with van der Waals surface area (Å²) in [5.74, 6) is 4.35. The minimum atomic E-state index is -0.974. The normalized spacial score (nSPS) is 11.2. The highest BCUT2D eigenvalue weighted by Crippen LogP contribution is 2.09. The number of carbonyl (C=O) groups excluding carboxylic acids is 2. The van der Waals surface area contributed by atoms with Gasteiger partial charge in [0, 0.05) is 48.8 Å². The molecule has 36 heavy (non-hydrogen) atoms. The number of benzene rings is 2. The Balaban J connectivity index is 0.00000118. The summed E-state index contributed by atoms with van der Waals surface area (Å²) >= 11 is 0. The molecule has 0 aromatic heterocycles. The Kier molecular flexibility index (Phi) is 12.9. The monoisotopic (exact) mass is 496 g/mol. The van der Waals surface area contributed by atoms with Gasteiger partial charge in [0.2, 0.25) is 5.91 Å². The summed E-state index contributed by atoms with van der Waals surface area (Å²) < 4.78 is 5.01. The zero-order valence-corrected chi connectivity index (χ0v) is 21.3. The molecule has 0 heterocycles. The van der Waals surface area contributed by atoms with Crippen LogP contribution in [0.1, 0.15) is 54.2 Å². The van der Waals surface area contributed by atoms with Crippen molar-refractivity contribution in [2.75, 3.05) is 20.3 Å². The van der Waals surface area contributed by atoms with Gasteiger partial charge in [0.05, 0.1) is 6.61 Å². The van der Waals surface area contributed by atoms with Crippen molar-refractivity contribution in [3.8, 4) is 11.8 Å². The number of amides is 2. The highest BCUT2D eigenvalue weighted by molar-refractivity contribution is 5.97. The Bertz CT molecular complexity index is 1050. The number of aliphatic carboxylic acids is 1. The lowest BCUT2D eigenvalue weighted by atomic mass is 9.95. The van der Waals surface area contributed by atoms with Gasteiger partial charge in [0.1, 0.15) is 6.04 Å². The fraction of sp³-hybridized carbons (Fsp3) is 0.370. The average Bonchev–Trinajstić information content (AvgIpc) is 2.84. The van der Waals surface area contributed by atoms with Crippen molar-refractivity contribution in [2.24, 2.45) is 11.5 Å². The maximum Gasteiger partial charge on any atom is 0.303 e. The van der Waals surface area contributed by atoms with Crippen LogP contribution in [0.5, 0.6) is 0 Å². The third-order valence-electron chi connectivity index (χ3n) is 4.87. The molecule has 0 saturated carbocycles. The van der Waals surface area contributed by atoms with Crippen LogP contribution in [0.15, 0.2) is 48.5 Å². The molecular weight excluding hydrogens is 460 g/mol. The zero-order chi connectivity index (χ0) is 27.1. The molecule has 0 aliphatic heterocycles. The third-order valence-corrected chi connectivity index (χ3v) is 4.87. The molecular formula is C27H36N4O5. The lowest BCUT2D eigenvalue weighted by molar-refractivity contribution is -0.136. The van der Waals surface area contributed by atoms with Gasteiger partial charge in [-0.15, -0.1) is 0 Å². The second-order valence-corrected chi connectivity index (χ2v) is 8.57. The predicted molar refractivity (Wildman–Crippen MR) is 139 cm³/mol. The largest absolute Gasteiger partial charge is 0.481 e. The molecule has 9 heteroatoms. The summed E-state index contributed by atoms with van der Waals surface area (Å²) in [6.07, 6.45) is 0.222. The number of carboxylic acid groups (broad SMARTS) is 1. The van der Waals surface area contributed by atoms with Crippen molar-refractivity contribution >= 4 is 17.8 Å². The Morgan fingerprint density at radius 1 is 1.03 bits per heavy atom. The van der Waals surface area contributed by atoms with Gasteiger partial charge >= 0.3 is 5.97 Å². The van der Waals surface area contributed by atoms with E-state index in [1.807, 2.05) is 24.3 Å². The smallest absolute Gasteiger partial charge is 0.303 e. The second kappa shape index (κ2) is 15.3. The van der Waals surface area contributed by atoms with Crippen LogP contribution in [-0.2, 0) is 20.9 Å². The van der Waals surface area contributed by atoms with Gasteiger partial charge < -0.3 is 31.9 Å². The number of carbonyl (C=O) groups is 3. The van der Waals surface area contributed by atoms with Crippen molar-refractivity contribution in [3.05, 3.63) is 70.8 Å². The van der Waals surface area contributed by atoms with Gasteiger partial charge in [-0.1, -0.05) is 30.9 Å². The van der Waals surface area contributed by atoms with Gasteiger partial charge in [0.25, 0.3) is 5.91 Å². The summed E-state index contributed by atoms with van der Waals surface area (Å²) in [6, 6.07) is 13.8. The van der Waals surface area contributed by atoms with E-state index in [9.17, 15) is 14.4 Å². The Morgan fingerprint density at radius 3 is 1.94 bits per heavy atom. The molecule has 0 bridgehead atoms. The van der Waals surface area contributed by atoms with Crippen LogP contribution in [0.4, 0.5) is 0 Å². The van der Waals surface area contributed by atoms with Crippen molar-refractivity contribution in [1.29, 1.82) is 0 Å². The Hall–Kier alpha value is -3.71. The molecule has 7 N–H and O–H groups in total. The highest BCUT2D eigenvalue weighted by atomic mass is 16.5. The molecule has 2 rings (SSSR count). The van der Waals surface area contributed by atoms with Crippen molar-refractivity contribution in [1.82, 2.24) is 10.6 Å². The van der Waals surface area contributed by atoms with Crippen LogP contribution in [-0.4, -0.2) is 54.7 Å². The lowest BCUT2D eigenvalue weighted by Gasteiger charge is -2.28. The van der Waals surface area contributed by atoms with E-state index in [-0.39, 0.29) is 6.42 Å². The maximum atomic E-state index is 12.4. The van der Waals surface area contributed by atoms with Gasteiger partial charge in [-0.25, -0.2) is 0 Å². The van der Waals surface area contributed by atoms with E-state index in [0.29, 0.717) is 12.2 Å². The second-order valence-electron chi connectivity index (χ2n) is 8.57. The topological polar surface area (TPSA) is 157 Å². The number of hydrogen-bond acceptors (Lipinski definition) is 6. The van der Waals surface area contributed by atoms with Crippen LogP contribution in [0.2, 0.25) is 0 Å². The first-order valence-corrected chi connectivity index (χ1v) is 11.5. The fourth-order valence-electron chi connectivity index (χ4n) is 2.80. The summed E-state index contributed by atoms with van der Waals surface area (Å²) in [7, 11) is 1.68. The molecule has 2 aromatic rings. The molecule has 194 valence electrons. The molecule has 2 aromatic carbocycles. The van der Waals surface area contributed by atoms with Crippen LogP contribution < -0.4 is 22.1 Å². The summed E-state index contributed by atoms with van der Waals surface area (Å²) in [6.45, 7) is 7.12. The first-order valence-electron chi connectivity index (χ1n) is 11.5. The minimum absolute atomic E-state index is 0.222. The van der Waals surface area contributed by atoms with E-state index in [1.54, 1.807) is 52.1 Å². The van der Waals surface area contributed by atoms with Gasteiger partial charge in [-0.3, -0.25) is 14.4 Å². The minimum Gasteiger partial charge on any atom is -0.481 e. The van der Waals surface area contributed by atoms with Gasteiger partial charge in [-0.05, 0) is 55.8 Å². The molecule has 0 radical (unpaired) electrons. The van der Waals surface area contributed by atoms with Crippen molar-refractivity contribution in [2.45, 2.75) is 45.3 Å². The van der Waals surface area contributed by atoms with E-state index in [1.165, 1.54) is 5.56 Å². The van der Waals surface area contributed by atoms with E-state index in [4.69, 9.17) is 21.3 Å². The van der Waals surface area contributed by atoms with E-state index in [2.05, 4.69) is 22.5 Å². The lowest BCUT2D eigenvalue weighted by Crippen LogP contribution is -2.60. The number of hydrogen-bond donors (Lipinski definition) is 5. The number of nitrogens with two attached hydrogens (primary N) is 2. The molecule has 0 spiro atoms. The standard InChI is InChI=1S/C24H30N4O3.C3H6O2/c1-24(2,26)21(22(25)29)28-23(30)20-12-10-18(11-13-20)5-4-17-6-8-19(9-7-17)16-27-14-15-31-3;1-2-3(4)5/h6-13,21,27H,14-16,26H2,1-3H3,(H2,25,29)(H,28,30);2H2,1H3,(H,4,5)/t21-;/m1./s1. The fourth-order valence-corrected chi connectivity index (χ4v) is 2.80. The molecule has 2 amide bonds. The first-order chi connectivity index (χ1) is 17.0. The Labute approximate surface area is 212 Å². The predicted octanol–water partition coefficient (Wildman–Crippen LogP) is 1.62. The molecule has 0 aliphatic carbocycles. The average molecular weight is 497 g/mol. The number of carboxylic acids is 1. The summed E-state index contributed by atoms with van der Waals surface area (Å²) in [4.78, 5) is 33.4.